The molecule has 1 heterocycles. The Morgan fingerprint density at radius 1 is 1.12 bits per heavy atom. The van der Waals surface area contributed by atoms with Crippen molar-refractivity contribution in [2.75, 3.05) is 21.3 Å². The predicted molar refractivity (Wildman–Crippen MR) is 58.5 cm³/mol. The summed E-state index contributed by atoms with van der Waals surface area (Å²) in [5.41, 5.74) is -0.0937. The van der Waals surface area contributed by atoms with Crippen molar-refractivity contribution in [1.29, 1.82) is 0 Å². The van der Waals surface area contributed by atoms with E-state index in [1.165, 1.54) is 33.6 Å². The van der Waals surface area contributed by atoms with Gasteiger partial charge in [0.25, 0.3) is 0 Å². The lowest BCUT2D eigenvalue weighted by molar-refractivity contribution is 0.0549. The predicted octanol–water partition coefficient (Wildman–Crippen LogP) is 0.825. The van der Waals surface area contributed by atoms with Gasteiger partial charge in [-0.15, -0.1) is 0 Å². The molecule has 0 radical (unpaired) electrons. The van der Waals surface area contributed by atoms with E-state index in [0.717, 1.165) is 0 Å². The fourth-order valence-electron chi connectivity index (χ4n) is 1.08. The van der Waals surface area contributed by atoms with Gasteiger partial charge < -0.3 is 20.4 Å². The van der Waals surface area contributed by atoms with Gasteiger partial charge >= 0.3 is 11.9 Å². The number of rotatable bonds is 3. The van der Waals surface area contributed by atoms with Crippen LogP contribution in [0.1, 0.15) is 20.8 Å². The molecule has 0 aliphatic carbocycles. The van der Waals surface area contributed by atoms with Crippen LogP contribution in [0.2, 0.25) is 0 Å². The smallest absolute Gasteiger partial charge is 0.357 e. The van der Waals surface area contributed by atoms with Gasteiger partial charge in [-0.05, 0) is 6.07 Å². The summed E-state index contributed by atoms with van der Waals surface area (Å²) >= 11 is 0. The SMILES string of the molecule is COC(=O)c1cc(OC)cnc1C(=O)OC.N. The highest BCUT2D eigenvalue weighted by Gasteiger charge is 2.20. The van der Waals surface area contributed by atoms with Crippen LogP contribution in [0, 0.1) is 0 Å². The summed E-state index contributed by atoms with van der Waals surface area (Å²) < 4.78 is 13.9. The summed E-state index contributed by atoms with van der Waals surface area (Å²) in [6.07, 6.45) is 1.32. The Morgan fingerprint density at radius 2 is 1.71 bits per heavy atom. The van der Waals surface area contributed by atoms with Crippen LogP contribution in [0.4, 0.5) is 0 Å². The Bertz CT molecular complexity index is 419. The molecule has 0 saturated heterocycles. The Balaban J connectivity index is 0.00000256. The molecule has 0 bridgehead atoms. The zero-order valence-electron chi connectivity index (χ0n) is 9.85. The molecule has 1 aromatic rings. The van der Waals surface area contributed by atoms with E-state index >= 15 is 0 Å². The number of pyridine rings is 1. The molecule has 7 nitrogen and oxygen atoms in total. The first-order chi connectivity index (χ1) is 7.63. The second-order valence-electron chi connectivity index (χ2n) is 2.75. The maximum absolute atomic E-state index is 11.4. The van der Waals surface area contributed by atoms with Gasteiger partial charge in [0, 0.05) is 0 Å². The van der Waals surface area contributed by atoms with Gasteiger partial charge in [0.05, 0.1) is 33.1 Å². The van der Waals surface area contributed by atoms with Crippen LogP contribution in [-0.2, 0) is 9.47 Å². The number of aromatic nitrogens is 1. The van der Waals surface area contributed by atoms with E-state index in [-0.39, 0.29) is 17.4 Å². The minimum absolute atomic E-state index is 0. The Labute approximate surface area is 98.3 Å². The van der Waals surface area contributed by atoms with Gasteiger partial charge in [-0.2, -0.15) is 0 Å². The quantitative estimate of drug-likeness (QED) is 0.781. The fourth-order valence-corrected chi connectivity index (χ4v) is 1.08. The highest BCUT2D eigenvalue weighted by molar-refractivity contribution is 6.01. The van der Waals surface area contributed by atoms with Crippen molar-refractivity contribution in [3.63, 3.8) is 0 Å². The van der Waals surface area contributed by atoms with Crippen molar-refractivity contribution in [3.8, 4) is 5.75 Å². The molecule has 0 aromatic carbocycles. The van der Waals surface area contributed by atoms with Gasteiger partial charge in [-0.3, -0.25) is 0 Å². The Morgan fingerprint density at radius 3 is 2.18 bits per heavy atom. The number of hydrogen-bond acceptors (Lipinski definition) is 7. The third kappa shape index (κ3) is 3.15. The molecule has 0 aliphatic heterocycles. The van der Waals surface area contributed by atoms with Gasteiger partial charge in [0.2, 0.25) is 0 Å². The average molecular weight is 242 g/mol. The summed E-state index contributed by atoms with van der Waals surface area (Å²) in [6.45, 7) is 0. The monoisotopic (exact) mass is 242 g/mol. The second kappa shape index (κ2) is 6.44. The minimum Gasteiger partial charge on any atom is -0.495 e. The van der Waals surface area contributed by atoms with Crippen molar-refractivity contribution in [3.05, 3.63) is 23.5 Å². The van der Waals surface area contributed by atoms with E-state index in [1.54, 1.807) is 0 Å². The Kier molecular flexibility index (Phi) is 5.62. The molecule has 0 amide bonds. The maximum Gasteiger partial charge on any atom is 0.357 e. The van der Waals surface area contributed by atoms with Crippen LogP contribution in [-0.4, -0.2) is 38.3 Å². The molecule has 0 unspecified atom stereocenters. The number of methoxy groups -OCH3 is 3. The van der Waals surface area contributed by atoms with Gasteiger partial charge in [0.15, 0.2) is 5.69 Å². The van der Waals surface area contributed by atoms with Crippen molar-refractivity contribution in [2.45, 2.75) is 0 Å². The molecular weight excluding hydrogens is 228 g/mol. The molecule has 0 saturated carbocycles. The zero-order chi connectivity index (χ0) is 12.1. The summed E-state index contributed by atoms with van der Waals surface area (Å²) in [7, 11) is 3.84. The van der Waals surface area contributed by atoms with Crippen LogP contribution in [0.25, 0.3) is 0 Å². The molecule has 1 rings (SSSR count). The first kappa shape index (κ1) is 14.8. The third-order valence-electron chi connectivity index (χ3n) is 1.88. The number of carbonyl (C=O) groups is 2. The molecule has 0 fully saturated rings. The largest absolute Gasteiger partial charge is 0.495 e. The van der Waals surface area contributed by atoms with Crippen molar-refractivity contribution < 1.29 is 23.8 Å². The summed E-state index contributed by atoms with van der Waals surface area (Å²) in [6, 6.07) is 1.37. The molecule has 1 aromatic heterocycles. The van der Waals surface area contributed by atoms with E-state index in [0.29, 0.717) is 5.75 Å². The summed E-state index contributed by atoms with van der Waals surface area (Å²) in [4.78, 5) is 26.5. The van der Waals surface area contributed by atoms with Gasteiger partial charge in [0.1, 0.15) is 5.75 Å². The standard InChI is InChI=1S/C10H11NO5.H3N/c1-14-6-4-7(9(12)15-2)8(11-5-6)10(13)16-3;/h4-5H,1-3H3;1H3. The van der Waals surface area contributed by atoms with Gasteiger partial charge in [-0.1, -0.05) is 0 Å². The molecule has 0 spiro atoms. The number of hydrogen-bond donors (Lipinski definition) is 1. The molecular formula is C10H14N2O5. The van der Waals surface area contributed by atoms with Crippen LogP contribution >= 0.6 is 0 Å². The molecule has 0 atom stereocenters. The number of ether oxygens (including phenoxy) is 3. The minimum atomic E-state index is -0.706. The molecule has 3 N–H and O–H groups in total. The lowest BCUT2D eigenvalue weighted by Crippen LogP contribution is -2.14. The lowest BCUT2D eigenvalue weighted by Gasteiger charge is -2.06. The first-order valence-electron chi connectivity index (χ1n) is 4.34. The Hall–Kier alpha value is -2.15. The van der Waals surface area contributed by atoms with Crippen molar-refractivity contribution >= 4 is 11.9 Å². The van der Waals surface area contributed by atoms with Crippen LogP contribution in [0.15, 0.2) is 12.3 Å². The van der Waals surface area contributed by atoms with E-state index in [1.807, 2.05) is 0 Å². The highest BCUT2D eigenvalue weighted by Crippen LogP contribution is 2.16. The average Bonchev–Trinajstić information content (AvgIpc) is 2.36. The third-order valence-corrected chi connectivity index (χ3v) is 1.88. The summed E-state index contributed by atoms with van der Waals surface area (Å²) in [5, 5.41) is 0. The van der Waals surface area contributed by atoms with Crippen LogP contribution in [0.3, 0.4) is 0 Å². The van der Waals surface area contributed by atoms with E-state index in [2.05, 4.69) is 14.5 Å². The number of esters is 2. The maximum atomic E-state index is 11.4. The highest BCUT2D eigenvalue weighted by atomic mass is 16.5. The fraction of sp³-hybridized carbons (Fsp3) is 0.300. The van der Waals surface area contributed by atoms with E-state index < -0.39 is 11.9 Å². The molecule has 94 valence electrons. The van der Waals surface area contributed by atoms with Crippen molar-refractivity contribution in [1.82, 2.24) is 11.1 Å². The van der Waals surface area contributed by atoms with Crippen LogP contribution < -0.4 is 10.9 Å². The van der Waals surface area contributed by atoms with Crippen molar-refractivity contribution in [2.24, 2.45) is 0 Å². The second-order valence-corrected chi connectivity index (χ2v) is 2.75. The van der Waals surface area contributed by atoms with Gasteiger partial charge in [-0.25, -0.2) is 14.6 Å². The van der Waals surface area contributed by atoms with Crippen LogP contribution in [0.5, 0.6) is 5.75 Å². The molecule has 0 aliphatic rings. The zero-order valence-corrected chi connectivity index (χ0v) is 9.85. The molecule has 17 heavy (non-hydrogen) atoms. The van der Waals surface area contributed by atoms with E-state index in [9.17, 15) is 9.59 Å². The first-order valence-corrected chi connectivity index (χ1v) is 4.34. The summed E-state index contributed by atoms with van der Waals surface area (Å²) in [5.74, 6) is -1.03. The topological polar surface area (TPSA) is 110 Å². The van der Waals surface area contributed by atoms with E-state index in [4.69, 9.17) is 4.74 Å². The number of carbonyl (C=O) groups excluding carboxylic acids is 2. The number of nitrogens with zero attached hydrogens (tertiary/aromatic N) is 1. The lowest BCUT2D eigenvalue weighted by atomic mass is 10.2. The molecule has 7 heteroatoms. The normalized spacial score (nSPS) is 8.88.